The first-order valence-electron chi connectivity index (χ1n) is 5.70. The van der Waals surface area contributed by atoms with Gasteiger partial charge < -0.3 is 5.32 Å². The van der Waals surface area contributed by atoms with Gasteiger partial charge in [-0.2, -0.15) is 10.4 Å². The van der Waals surface area contributed by atoms with E-state index < -0.39 is 0 Å². The number of halogens is 1. The molecule has 0 spiro atoms. The molecule has 0 unspecified atom stereocenters. The minimum atomic E-state index is 0.610. The van der Waals surface area contributed by atoms with Crippen molar-refractivity contribution < 1.29 is 0 Å². The number of hydrogen-bond donors (Lipinski definition) is 1. The van der Waals surface area contributed by atoms with E-state index in [0.29, 0.717) is 10.6 Å². The molecule has 2 aromatic rings. The van der Waals surface area contributed by atoms with E-state index in [1.165, 1.54) is 0 Å². The number of aryl methyl sites for hydroxylation is 1. The van der Waals surface area contributed by atoms with E-state index >= 15 is 0 Å². The van der Waals surface area contributed by atoms with Crippen LogP contribution in [0.3, 0.4) is 0 Å². The van der Waals surface area contributed by atoms with Crippen LogP contribution in [0.4, 0.5) is 5.69 Å². The molecule has 18 heavy (non-hydrogen) atoms. The number of nitrogens with zero attached hydrogens (tertiary/aromatic N) is 3. The van der Waals surface area contributed by atoms with Gasteiger partial charge in [-0.1, -0.05) is 11.6 Å². The zero-order valence-corrected chi connectivity index (χ0v) is 10.6. The lowest BCUT2D eigenvalue weighted by atomic mass is 10.2. The number of anilines is 1. The van der Waals surface area contributed by atoms with Crippen molar-refractivity contribution in [1.82, 2.24) is 9.78 Å². The first-order valence-corrected chi connectivity index (χ1v) is 6.08. The molecule has 2 rings (SSSR count). The Bertz CT molecular complexity index is 543. The molecule has 1 N–H and O–H groups in total. The fraction of sp³-hybridized carbons (Fsp3) is 0.231. The minimum Gasteiger partial charge on any atom is -0.384 e. The van der Waals surface area contributed by atoms with Crippen molar-refractivity contribution in [2.45, 2.75) is 13.0 Å². The van der Waals surface area contributed by atoms with Crippen LogP contribution in [-0.2, 0) is 6.54 Å². The summed E-state index contributed by atoms with van der Waals surface area (Å²) < 4.78 is 1.88. The molecule has 0 atom stereocenters. The zero-order valence-electron chi connectivity index (χ0n) is 9.81. The van der Waals surface area contributed by atoms with Gasteiger partial charge in [0.15, 0.2) is 0 Å². The van der Waals surface area contributed by atoms with Gasteiger partial charge in [0.1, 0.15) is 6.07 Å². The summed E-state index contributed by atoms with van der Waals surface area (Å²) in [6.07, 6.45) is 4.62. The molecule has 0 saturated carbocycles. The maximum absolute atomic E-state index is 8.97. The van der Waals surface area contributed by atoms with E-state index in [4.69, 9.17) is 16.9 Å². The molecular weight excluding hydrogens is 248 g/mol. The minimum absolute atomic E-state index is 0.610. The molecular formula is C13H13ClN4. The van der Waals surface area contributed by atoms with Crippen molar-refractivity contribution in [2.75, 3.05) is 11.9 Å². The predicted octanol–water partition coefficient (Wildman–Crippen LogP) is 2.91. The number of nitriles is 1. The third kappa shape index (κ3) is 3.25. The lowest BCUT2D eigenvalue weighted by Gasteiger charge is -2.08. The highest BCUT2D eigenvalue weighted by Gasteiger charge is 2.02. The lowest BCUT2D eigenvalue weighted by Crippen LogP contribution is -2.07. The lowest BCUT2D eigenvalue weighted by molar-refractivity contribution is 0.592. The van der Waals surface area contributed by atoms with Crippen molar-refractivity contribution in [2.24, 2.45) is 0 Å². The van der Waals surface area contributed by atoms with Crippen LogP contribution in [-0.4, -0.2) is 16.3 Å². The third-order valence-electron chi connectivity index (χ3n) is 2.54. The van der Waals surface area contributed by atoms with Crippen LogP contribution < -0.4 is 5.32 Å². The quantitative estimate of drug-likeness (QED) is 0.841. The molecule has 0 radical (unpaired) electrons. The normalized spacial score (nSPS) is 10.0. The molecule has 0 bridgehead atoms. The Morgan fingerprint density at radius 1 is 1.44 bits per heavy atom. The summed E-state index contributed by atoms with van der Waals surface area (Å²) in [4.78, 5) is 0. The Hall–Kier alpha value is -1.99. The van der Waals surface area contributed by atoms with Gasteiger partial charge in [-0.15, -0.1) is 0 Å². The molecule has 0 aliphatic heterocycles. The Balaban J connectivity index is 1.86. The van der Waals surface area contributed by atoms with Crippen LogP contribution in [0.15, 0.2) is 36.7 Å². The van der Waals surface area contributed by atoms with Gasteiger partial charge in [0, 0.05) is 30.5 Å². The Morgan fingerprint density at radius 3 is 3.06 bits per heavy atom. The van der Waals surface area contributed by atoms with Gasteiger partial charge in [-0.3, -0.25) is 4.68 Å². The second kappa shape index (κ2) is 6.08. The summed E-state index contributed by atoms with van der Waals surface area (Å²) in [5, 5.41) is 16.9. The molecule has 92 valence electrons. The van der Waals surface area contributed by atoms with E-state index in [0.717, 1.165) is 25.2 Å². The molecule has 4 nitrogen and oxygen atoms in total. The van der Waals surface area contributed by atoms with Crippen molar-refractivity contribution in [3.05, 3.63) is 47.2 Å². The Morgan fingerprint density at radius 2 is 2.33 bits per heavy atom. The Labute approximate surface area is 111 Å². The highest BCUT2D eigenvalue weighted by molar-refractivity contribution is 6.30. The van der Waals surface area contributed by atoms with Crippen LogP contribution in [0.25, 0.3) is 0 Å². The van der Waals surface area contributed by atoms with E-state index in [2.05, 4.69) is 16.5 Å². The summed E-state index contributed by atoms with van der Waals surface area (Å²) in [6, 6.07) is 9.25. The van der Waals surface area contributed by atoms with Crippen molar-refractivity contribution in [1.29, 1.82) is 5.26 Å². The van der Waals surface area contributed by atoms with Crippen LogP contribution >= 0.6 is 11.6 Å². The molecule has 0 aliphatic rings. The number of rotatable bonds is 5. The molecule has 0 aliphatic carbocycles. The SMILES string of the molecule is N#Cc1ccc(Cl)cc1NCCCn1cccn1. The number of hydrogen-bond acceptors (Lipinski definition) is 3. The van der Waals surface area contributed by atoms with E-state index in [1.807, 2.05) is 16.9 Å². The highest BCUT2D eigenvalue weighted by Crippen LogP contribution is 2.20. The molecule has 1 aromatic carbocycles. The average molecular weight is 261 g/mol. The summed E-state index contributed by atoms with van der Waals surface area (Å²) in [5.41, 5.74) is 1.39. The highest BCUT2D eigenvalue weighted by atomic mass is 35.5. The monoisotopic (exact) mass is 260 g/mol. The standard InChI is InChI=1S/C13H13ClN4/c14-12-4-3-11(10-15)13(9-12)16-5-1-7-18-8-2-6-17-18/h2-4,6,8-9,16H,1,5,7H2. The summed E-state index contributed by atoms with van der Waals surface area (Å²) in [6.45, 7) is 1.62. The zero-order chi connectivity index (χ0) is 12.8. The van der Waals surface area contributed by atoms with Gasteiger partial charge >= 0.3 is 0 Å². The molecule has 0 amide bonds. The van der Waals surface area contributed by atoms with Crippen LogP contribution in [0.2, 0.25) is 5.02 Å². The maximum Gasteiger partial charge on any atom is 0.101 e. The molecule has 0 fully saturated rings. The second-order valence-electron chi connectivity index (χ2n) is 3.85. The Kier molecular flexibility index (Phi) is 4.21. The van der Waals surface area contributed by atoms with E-state index in [1.54, 1.807) is 24.4 Å². The fourth-order valence-electron chi connectivity index (χ4n) is 1.66. The van der Waals surface area contributed by atoms with Crippen LogP contribution in [0.5, 0.6) is 0 Å². The van der Waals surface area contributed by atoms with Gasteiger partial charge in [0.25, 0.3) is 0 Å². The maximum atomic E-state index is 8.97. The topological polar surface area (TPSA) is 53.6 Å². The molecule has 1 heterocycles. The first-order chi connectivity index (χ1) is 8.79. The van der Waals surface area contributed by atoms with Crippen LogP contribution in [0, 0.1) is 11.3 Å². The molecule has 5 heteroatoms. The average Bonchev–Trinajstić information content (AvgIpc) is 2.88. The van der Waals surface area contributed by atoms with Gasteiger partial charge in [-0.05, 0) is 30.7 Å². The second-order valence-corrected chi connectivity index (χ2v) is 4.29. The third-order valence-corrected chi connectivity index (χ3v) is 2.78. The van der Waals surface area contributed by atoms with Crippen LogP contribution in [0.1, 0.15) is 12.0 Å². The van der Waals surface area contributed by atoms with Crippen molar-refractivity contribution in [3.8, 4) is 6.07 Å². The summed E-state index contributed by atoms with van der Waals surface area (Å²) in [7, 11) is 0. The predicted molar refractivity (Wildman–Crippen MR) is 71.5 cm³/mol. The van der Waals surface area contributed by atoms with Gasteiger partial charge in [-0.25, -0.2) is 0 Å². The van der Waals surface area contributed by atoms with Crippen molar-refractivity contribution in [3.63, 3.8) is 0 Å². The number of aromatic nitrogens is 2. The van der Waals surface area contributed by atoms with E-state index in [9.17, 15) is 0 Å². The largest absolute Gasteiger partial charge is 0.384 e. The van der Waals surface area contributed by atoms with Crippen molar-refractivity contribution >= 4 is 17.3 Å². The number of benzene rings is 1. The van der Waals surface area contributed by atoms with Gasteiger partial charge in [0.05, 0.1) is 11.3 Å². The molecule has 0 saturated heterocycles. The molecule has 1 aromatic heterocycles. The smallest absolute Gasteiger partial charge is 0.101 e. The number of nitrogens with one attached hydrogen (secondary N) is 1. The first kappa shape index (κ1) is 12.5. The van der Waals surface area contributed by atoms with E-state index in [-0.39, 0.29) is 0 Å². The fourth-order valence-corrected chi connectivity index (χ4v) is 1.83. The summed E-state index contributed by atoms with van der Waals surface area (Å²) in [5.74, 6) is 0. The van der Waals surface area contributed by atoms with Gasteiger partial charge in [0.2, 0.25) is 0 Å². The summed E-state index contributed by atoms with van der Waals surface area (Å²) >= 11 is 5.90.